The van der Waals surface area contributed by atoms with E-state index in [2.05, 4.69) is 47.5 Å². The van der Waals surface area contributed by atoms with Gasteiger partial charge in [0, 0.05) is 44.2 Å². The van der Waals surface area contributed by atoms with Crippen LogP contribution >= 0.6 is 11.6 Å². The second-order valence-corrected chi connectivity index (χ2v) is 6.23. The predicted octanol–water partition coefficient (Wildman–Crippen LogP) is 3.17. The van der Waals surface area contributed by atoms with Crippen molar-refractivity contribution in [2.24, 2.45) is 0 Å². The molecule has 0 N–H and O–H groups in total. The molecule has 20 heavy (non-hydrogen) atoms. The van der Waals surface area contributed by atoms with Gasteiger partial charge in [-0.3, -0.25) is 4.90 Å². The summed E-state index contributed by atoms with van der Waals surface area (Å²) in [6.07, 6.45) is 1.21. The van der Waals surface area contributed by atoms with Crippen molar-refractivity contribution < 1.29 is 0 Å². The largest absolute Gasteiger partial charge is 0.354 e. The molecular weight excluding hydrogens is 272 g/mol. The van der Waals surface area contributed by atoms with Crippen LogP contribution in [0, 0.1) is 0 Å². The normalized spacial score (nSPS) is 18.6. The van der Waals surface area contributed by atoms with Gasteiger partial charge in [-0.05, 0) is 13.3 Å². The van der Waals surface area contributed by atoms with Gasteiger partial charge in [-0.15, -0.1) is 0 Å². The summed E-state index contributed by atoms with van der Waals surface area (Å²) in [5.74, 6) is 2.10. The first kappa shape index (κ1) is 15.5. The molecule has 0 bridgehead atoms. The number of piperazine rings is 1. The number of anilines is 1. The highest BCUT2D eigenvalue weighted by atomic mass is 35.5. The fourth-order valence-electron chi connectivity index (χ4n) is 2.49. The number of nitrogens with zero attached hydrogens (tertiary/aromatic N) is 4. The minimum absolute atomic E-state index is 0.300. The summed E-state index contributed by atoms with van der Waals surface area (Å²) in [4.78, 5) is 13.8. The Morgan fingerprint density at radius 3 is 2.35 bits per heavy atom. The van der Waals surface area contributed by atoms with Gasteiger partial charge in [-0.1, -0.05) is 32.4 Å². The molecule has 0 amide bonds. The van der Waals surface area contributed by atoms with Crippen molar-refractivity contribution in [3.63, 3.8) is 0 Å². The predicted molar refractivity (Wildman–Crippen MR) is 84.7 cm³/mol. The van der Waals surface area contributed by atoms with Crippen LogP contribution in [0.25, 0.3) is 0 Å². The molecule has 112 valence electrons. The molecule has 4 nitrogen and oxygen atoms in total. The van der Waals surface area contributed by atoms with Crippen molar-refractivity contribution in [3.05, 3.63) is 17.0 Å². The lowest BCUT2D eigenvalue weighted by Gasteiger charge is -2.38. The van der Waals surface area contributed by atoms with Gasteiger partial charge in [0.05, 0.1) is 0 Å². The van der Waals surface area contributed by atoms with Crippen LogP contribution in [0.4, 0.5) is 5.82 Å². The van der Waals surface area contributed by atoms with Crippen molar-refractivity contribution in [1.82, 2.24) is 14.9 Å². The molecule has 1 aromatic heterocycles. The minimum Gasteiger partial charge on any atom is -0.354 e. The second kappa shape index (κ2) is 6.72. The first-order valence-corrected chi connectivity index (χ1v) is 7.92. The van der Waals surface area contributed by atoms with Gasteiger partial charge in [0.25, 0.3) is 0 Å². The molecule has 0 saturated carbocycles. The van der Waals surface area contributed by atoms with Gasteiger partial charge >= 0.3 is 0 Å². The Balaban J connectivity index is 2.07. The average Bonchev–Trinajstić information content (AvgIpc) is 2.46. The van der Waals surface area contributed by atoms with E-state index in [-0.39, 0.29) is 0 Å². The van der Waals surface area contributed by atoms with Crippen molar-refractivity contribution in [1.29, 1.82) is 0 Å². The number of halogens is 1. The molecule has 0 aromatic carbocycles. The maximum absolute atomic E-state index is 6.13. The van der Waals surface area contributed by atoms with E-state index in [0.717, 1.165) is 37.8 Å². The molecular formula is C15H25ClN4. The van der Waals surface area contributed by atoms with Crippen molar-refractivity contribution >= 4 is 17.4 Å². The van der Waals surface area contributed by atoms with E-state index >= 15 is 0 Å². The molecule has 1 unspecified atom stereocenters. The smallest absolute Gasteiger partial charge is 0.135 e. The fourth-order valence-corrected chi connectivity index (χ4v) is 2.68. The van der Waals surface area contributed by atoms with Crippen LogP contribution in [0.15, 0.2) is 6.07 Å². The van der Waals surface area contributed by atoms with E-state index in [1.807, 2.05) is 6.07 Å². The summed E-state index contributed by atoms with van der Waals surface area (Å²) in [6, 6.07) is 2.55. The molecule has 1 aromatic rings. The average molecular weight is 297 g/mol. The van der Waals surface area contributed by atoms with Gasteiger partial charge in [0.2, 0.25) is 0 Å². The summed E-state index contributed by atoms with van der Waals surface area (Å²) < 4.78 is 0. The zero-order valence-corrected chi connectivity index (χ0v) is 13.7. The molecule has 1 saturated heterocycles. The maximum atomic E-state index is 6.13. The summed E-state index contributed by atoms with van der Waals surface area (Å²) >= 11 is 6.13. The lowest BCUT2D eigenvalue weighted by atomic mass is 10.2. The van der Waals surface area contributed by atoms with Crippen LogP contribution < -0.4 is 4.90 Å². The Morgan fingerprint density at radius 2 is 1.80 bits per heavy atom. The molecule has 1 atom stereocenters. The van der Waals surface area contributed by atoms with Crippen molar-refractivity contribution in [2.75, 3.05) is 31.1 Å². The Hall–Kier alpha value is -0.870. The first-order chi connectivity index (χ1) is 9.51. The van der Waals surface area contributed by atoms with Crippen molar-refractivity contribution in [3.8, 4) is 0 Å². The number of hydrogen-bond acceptors (Lipinski definition) is 4. The van der Waals surface area contributed by atoms with E-state index in [1.54, 1.807) is 0 Å². The quantitative estimate of drug-likeness (QED) is 0.799. The van der Waals surface area contributed by atoms with E-state index in [9.17, 15) is 0 Å². The Morgan fingerprint density at radius 1 is 1.15 bits per heavy atom. The highest BCUT2D eigenvalue weighted by Crippen LogP contribution is 2.21. The van der Waals surface area contributed by atoms with Crippen LogP contribution in [-0.2, 0) is 0 Å². The third-order valence-electron chi connectivity index (χ3n) is 4.07. The highest BCUT2D eigenvalue weighted by molar-refractivity contribution is 6.29. The molecule has 1 aliphatic heterocycles. The zero-order valence-electron chi connectivity index (χ0n) is 12.9. The van der Waals surface area contributed by atoms with E-state index in [4.69, 9.17) is 11.6 Å². The molecule has 1 aliphatic rings. The SMILES string of the molecule is CCC(C)N1CCN(c2cc(Cl)nc(C(C)C)n2)CC1. The standard InChI is InChI=1S/C15H25ClN4/c1-5-12(4)19-6-8-20(9-7-19)14-10-13(16)17-15(18-14)11(2)3/h10-12H,5-9H2,1-4H3. The van der Waals surface area contributed by atoms with Crippen LogP contribution in [0.2, 0.25) is 5.15 Å². The van der Waals surface area contributed by atoms with E-state index in [1.165, 1.54) is 6.42 Å². The molecule has 1 fully saturated rings. The van der Waals surface area contributed by atoms with Crippen LogP contribution in [0.5, 0.6) is 0 Å². The summed E-state index contributed by atoms with van der Waals surface area (Å²) in [5.41, 5.74) is 0. The third kappa shape index (κ3) is 3.61. The summed E-state index contributed by atoms with van der Waals surface area (Å²) in [6.45, 7) is 12.9. The highest BCUT2D eigenvalue weighted by Gasteiger charge is 2.21. The molecule has 2 rings (SSSR count). The molecule has 0 radical (unpaired) electrons. The van der Waals surface area contributed by atoms with E-state index in [0.29, 0.717) is 17.1 Å². The van der Waals surface area contributed by atoms with Crippen LogP contribution in [0.3, 0.4) is 0 Å². The fraction of sp³-hybridized carbons (Fsp3) is 0.733. The number of hydrogen-bond donors (Lipinski definition) is 0. The lowest BCUT2D eigenvalue weighted by Crippen LogP contribution is -2.49. The monoisotopic (exact) mass is 296 g/mol. The molecule has 2 heterocycles. The van der Waals surface area contributed by atoms with Gasteiger partial charge in [-0.2, -0.15) is 0 Å². The Bertz CT molecular complexity index is 441. The first-order valence-electron chi connectivity index (χ1n) is 7.54. The van der Waals surface area contributed by atoms with Gasteiger partial charge in [0.15, 0.2) is 0 Å². The molecule has 5 heteroatoms. The van der Waals surface area contributed by atoms with Crippen LogP contribution in [-0.4, -0.2) is 47.1 Å². The van der Waals surface area contributed by atoms with Gasteiger partial charge in [-0.25, -0.2) is 9.97 Å². The lowest BCUT2D eigenvalue weighted by molar-refractivity contribution is 0.192. The summed E-state index contributed by atoms with van der Waals surface area (Å²) in [7, 11) is 0. The Kier molecular flexibility index (Phi) is 5.22. The third-order valence-corrected chi connectivity index (χ3v) is 4.26. The summed E-state index contributed by atoms with van der Waals surface area (Å²) in [5, 5.41) is 0.544. The Labute approximate surface area is 127 Å². The van der Waals surface area contributed by atoms with Crippen molar-refractivity contribution in [2.45, 2.75) is 46.1 Å². The second-order valence-electron chi connectivity index (χ2n) is 5.84. The minimum atomic E-state index is 0.300. The van der Waals surface area contributed by atoms with Gasteiger partial charge < -0.3 is 4.90 Å². The topological polar surface area (TPSA) is 32.3 Å². The van der Waals surface area contributed by atoms with Crippen LogP contribution in [0.1, 0.15) is 45.9 Å². The number of aromatic nitrogens is 2. The molecule has 0 spiro atoms. The number of rotatable bonds is 4. The zero-order chi connectivity index (χ0) is 14.7. The molecule has 0 aliphatic carbocycles. The van der Waals surface area contributed by atoms with E-state index < -0.39 is 0 Å². The van der Waals surface area contributed by atoms with Gasteiger partial charge in [0.1, 0.15) is 16.8 Å². The maximum Gasteiger partial charge on any atom is 0.135 e.